The second-order valence-electron chi connectivity index (χ2n) is 7.90. The molecule has 0 aliphatic carbocycles. The van der Waals surface area contributed by atoms with Crippen LogP contribution in [0.25, 0.3) is 0 Å². The van der Waals surface area contributed by atoms with Gasteiger partial charge in [0, 0.05) is 40.5 Å². The highest BCUT2D eigenvalue weighted by molar-refractivity contribution is 7.80. The number of aliphatic imine (C=N–C) groups is 1. The van der Waals surface area contributed by atoms with Crippen LogP contribution in [-0.4, -0.2) is 36.5 Å². The van der Waals surface area contributed by atoms with E-state index < -0.39 is 6.17 Å². The molecule has 0 bridgehead atoms. The van der Waals surface area contributed by atoms with E-state index in [1.807, 2.05) is 47.4 Å². The van der Waals surface area contributed by atoms with Gasteiger partial charge in [-0.25, -0.2) is 4.99 Å². The largest absolute Gasteiger partial charge is 0.333 e. The molecule has 5 nitrogen and oxygen atoms in total. The van der Waals surface area contributed by atoms with E-state index in [2.05, 4.69) is 11.4 Å². The number of likely N-dealkylation sites (N-methyl/N-ethyl adjacent to an activating group) is 1. The summed E-state index contributed by atoms with van der Waals surface area (Å²) in [5.74, 6) is -0.226. The Labute approximate surface area is 207 Å². The second-order valence-corrected chi connectivity index (χ2v) is 9.13. The summed E-state index contributed by atoms with van der Waals surface area (Å²) in [5.41, 5.74) is 5.01. The van der Waals surface area contributed by atoms with Crippen LogP contribution in [0.4, 0.5) is 11.4 Å². The molecule has 1 atom stereocenters. The minimum atomic E-state index is -0.923. The first-order valence-electron chi connectivity index (χ1n) is 10.5. The first-order chi connectivity index (χ1) is 15.9. The molecule has 33 heavy (non-hydrogen) atoms. The van der Waals surface area contributed by atoms with Gasteiger partial charge in [-0.15, -0.1) is 0 Å². The Bertz CT molecular complexity index is 1310. The first kappa shape index (κ1) is 21.9. The molecule has 1 amide bonds. The lowest BCUT2D eigenvalue weighted by molar-refractivity contribution is -0.119. The third-order valence-corrected chi connectivity index (χ3v) is 6.82. The molecule has 2 heterocycles. The predicted molar refractivity (Wildman–Crippen MR) is 139 cm³/mol. The maximum absolute atomic E-state index is 13.5. The summed E-state index contributed by atoms with van der Waals surface area (Å²) in [7, 11) is 1.73. The number of hydrogen-bond acceptors (Lipinski definition) is 3. The molecule has 0 spiro atoms. The molecule has 8 heteroatoms. The lowest BCUT2D eigenvalue weighted by Crippen LogP contribution is -2.50. The number of nitrogens with zero attached hydrogens (tertiary/aromatic N) is 3. The molecule has 0 fully saturated rings. The Morgan fingerprint density at radius 3 is 2.61 bits per heavy atom. The molecule has 0 radical (unpaired) electrons. The fraction of sp³-hybridized carbons (Fsp3) is 0.160. The maximum atomic E-state index is 13.5. The highest BCUT2D eigenvalue weighted by Crippen LogP contribution is 2.32. The van der Waals surface area contributed by atoms with Crippen LogP contribution >= 0.6 is 35.4 Å². The Hall–Kier alpha value is -2.93. The molecule has 2 aliphatic heterocycles. The smallest absolute Gasteiger partial charge is 0.272 e. The second kappa shape index (κ2) is 8.78. The molecular formula is C25H20Cl2N4OS. The van der Waals surface area contributed by atoms with Crippen molar-refractivity contribution in [3.63, 3.8) is 0 Å². The van der Waals surface area contributed by atoms with Crippen molar-refractivity contribution in [2.24, 2.45) is 4.99 Å². The normalized spacial score (nSPS) is 17.2. The average molecular weight is 495 g/mol. The average Bonchev–Trinajstić information content (AvgIpc) is 3.22. The molecule has 0 saturated carbocycles. The number of carbonyl (C=O) groups is 1. The predicted octanol–water partition coefficient (Wildman–Crippen LogP) is 5.07. The monoisotopic (exact) mass is 494 g/mol. The number of fused-ring (bicyclic) bond motifs is 2. The number of nitrogens with one attached hydrogen (secondary N) is 1. The van der Waals surface area contributed by atoms with E-state index in [9.17, 15) is 4.79 Å². The summed E-state index contributed by atoms with van der Waals surface area (Å²) < 4.78 is 0. The van der Waals surface area contributed by atoms with Gasteiger partial charge in [-0.1, -0.05) is 59.6 Å². The van der Waals surface area contributed by atoms with Crippen LogP contribution in [0.2, 0.25) is 10.0 Å². The van der Waals surface area contributed by atoms with Crippen LogP contribution in [0.15, 0.2) is 71.7 Å². The van der Waals surface area contributed by atoms with Gasteiger partial charge in [-0.3, -0.25) is 4.79 Å². The van der Waals surface area contributed by atoms with Gasteiger partial charge in [0.15, 0.2) is 5.11 Å². The molecule has 1 N–H and O–H groups in total. The number of rotatable bonds is 2. The van der Waals surface area contributed by atoms with E-state index in [0.717, 1.165) is 29.8 Å². The fourth-order valence-corrected chi connectivity index (χ4v) is 4.95. The van der Waals surface area contributed by atoms with Crippen molar-refractivity contribution in [1.82, 2.24) is 5.32 Å². The molecular weight excluding hydrogens is 475 g/mol. The SMILES string of the molecule is CN1C(=O)C(NC(=S)N2CCc3ccccc32)N=C(c2ccccc2Cl)c2cc(Cl)ccc21. The van der Waals surface area contributed by atoms with Crippen LogP contribution in [0, 0.1) is 0 Å². The molecule has 0 saturated heterocycles. The van der Waals surface area contributed by atoms with Gasteiger partial charge < -0.3 is 15.1 Å². The number of para-hydroxylation sites is 1. The number of anilines is 2. The summed E-state index contributed by atoms with van der Waals surface area (Å²) in [6.07, 6.45) is -0.0260. The Balaban J connectivity index is 1.57. The van der Waals surface area contributed by atoms with Crippen molar-refractivity contribution in [3.8, 4) is 0 Å². The summed E-state index contributed by atoms with van der Waals surface area (Å²) in [6.45, 7) is 0.749. The zero-order valence-electron chi connectivity index (χ0n) is 17.8. The number of benzene rings is 3. The van der Waals surface area contributed by atoms with Gasteiger partial charge in [-0.05, 0) is 54.5 Å². The van der Waals surface area contributed by atoms with Crippen LogP contribution in [0.3, 0.4) is 0 Å². The van der Waals surface area contributed by atoms with E-state index in [1.165, 1.54) is 5.56 Å². The number of carbonyl (C=O) groups excluding carboxylic acids is 1. The lowest BCUT2D eigenvalue weighted by Gasteiger charge is -2.26. The maximum Gasteiger partial charge on any atom is 0.272 e. The van der Waals surface area contributed by atoms with Gasteiger partial charge in [0.1, 0.15) is 0 Å². The Kier molecular flexibility index (Phi) is 5.83. The third-order valence-electron chi connectivity index (χ3n) is 5.92. The number of hydrogen-bond donors (Lipinski definition) is 1. The third kappa shape index (κ3) is 3.99. The van der Waals surface area contributed by atoms with Gasteiger partial charge in [0.05, 0.1) is 11.4 Å². The van der Waals surface area contributed by atoms with Crippen molar-refractivity contribution >= 4 is 63.5 Å². The van der Waals surface area contributed by atoms with Crippen molar-refractivity contribution in [3.05, 3.63) is 93.5 Å². The standard InChI is InChI=1S/C25H20Cl2N4OS/c1-30-21-11-10-16(26)14-18(21)22(17-7-3-4-8-19(17)27)28-23(24(30)32)29-25(33)31-13-12-15-6-2-5-9-20(15)31/h2-11,14,23H,12-13H2,1H3,(H,29,33). The summed E-state index contributed by atoms with van der Waals surface area (Å²) >= 11 is 18.6. The molecule has 5 rings (SSSR count). The molecule has 2 aliphatic rings. The molecule has 0 aromatic heterocycles. The van der Waals surface area contributed by atoms with Crippen molar-refractivity contribution in [2.75, 3.05) is 23.4 Å². The summed E-state index contributed by atoms with van der Waals surface area (Å²) in [4.78, 5) is 21.9. The van der Waals surface area contributed by atoms with Crippen LogP contribution in [0.1, 0.15) is 16.7 Å². The lowest BCUT2D eigenvalue weighted by atomic mass is 10.00. The van der Waals surface area contributed by atoms with E-state index in [0.29, 0.717) is 26.6 Å². The molecule has 3 aromatic carbocycles. The number of amides is 1. The number of benzodiazepines with no additional fused rings is 1. The fourth-order valence-electron chi connectivity index (χ4n) is 4.25. The van der Waals surface area contributed by atoms with Crippen molar-refractivity contribution in [1.29, 1.82) is 0 Å². The topological polar surface area (TPSA) is 47.9 Å². The highest BCUT2D eigenvalue weighted by atomic mass is 35.5. The molecule has 1 unspecified atom stereocenters. The summed E-state index contributed by atoms with van der Waals surface area (Å²) in [6, 6.07) is 20.9. The number of halogens is 2. The van der Waals surface area contributed by atoms with Gasteiger partial charge in [0.2, 0.25) is 6.17 Å². The van der Waals surface area contributed by atoms with Gasteiger partial charge >= 0.3 is 0 Å². The summed E-state index contributed by atoms with van der Waals surface area (Å²) in [5, 5.41) is 4.73. The minimum absolute atomic E-state index is 0.226. The van der Waals surface area contributed by atoms with Crippen molar-refractivity contribution < 1.29 is 4.79 Å². The molecule has 3 aromatic rings. The Morgan fingerprint density at radius 2 is 1.79 bits per heavy atom. The quantitative estimate of drug-likeness (QED) is 0.505. The van der Waals surface area contributed by atoms with E-state index in [1.54, 1.807) is 30.1 Å². The van der Waals surface area contributed by atoms with E-state index in [-0.39, 0.29) is 5.91 Å². The van der Waals surface area contributed by atoms with E-state index in [4.69, 9.17) is 40.4 Å². The zero-order chi connectivity index (χ0) is 23.1. The van der Waals surface area contributed by atoms with Gasteiger partial charge in [0.25, 0.3) is 5.91 Å². The van der Waals surface area contributed by atoms with Crippen LogP contribution < -0.4 is 15.1 Å². The van der Waals surface area contributed by atoms with Crippen LogP contribution in [-0.2, 0) is 11.2 Å². The van der Waals surface area contributed by atoms with E-state index >= 15 is 0 Å². The molecule has 166 valence electrons. The van der Waals surface area contributed by atoms with Crippen molar-refractivity contribution in [2.45, 2.75) is 12.6 Å². The van der Waals surface area contributed by atoms with Crippen LogP contribution in [0.5, 0.6) is 0 Å². The highest BCUT2D eigenvalue weighted by Gasteiger charge is 2.33. The minimum Gasteiger partial charge on any atom is -0.333 e. The Morgan fingerprint density at radius 1 is 1.03 bits per heavy atom. The van der Waals surface area contributed by atoms with Gasteiger partial charge in [-0.2, -0.15) is 0 Å². The zero-order valence-corrected chi connectivity index (χ0v) is 20.1. The first-order valence-corrected chi connectivity index (χ1v) is 11.7. The number of thiocarbonyl (C=S) groups is 1.